The smallest absolute Gasteiger partial charge is 0.271 e. The zero-order valence-electron chi connectivity index (χ0n) is 16.0. The van der Waals surface area contributed by atoms with Crippen LogP contribution in [-0.2, 0) is 16.3 Å². The molecule has 1 aromatic heterocycles. The summed E-state index contributed by atoms with van der Waals surface area (Å²) < 4.78 is 25.6. The average molecular weight is 410 g/mol. The van der Waals surface area contributed by atoms with Crippen LogP contribution in [0.4, 0.5) is 0 Å². The Bertz CT molecular complexity index is 1090. The number of rotatable bonds is 6. The van der Waals surface area contributed by atoms with E-state index in [0.717, 1.165) is 23.2 Å². The van der Waals surface area contributed by atoms with Gasteiger partial charge in [0.1, 0.15) is 0 Å². The van der Waals surface area contributed by atoms with Gasteiger partial charge in [-0.1, -0.05) is 60.7 Å². The Hall–Kier alpha value is -2.93. The van der Waals surface area contributed by atoms with Gasteiger partial charge in [-0.15, -0.1) is 0 Å². The molecular formula is C22H23N3O3S. The van der Waals surface area contributed by atoms with E-state index < -0.39 is 9.84 Å². The summed E-state index contributed by atoms with van der Waals surface area (Å²) in [4.78, 5) is 12.7. The van der Waals surface area contributed by atoms with Gasteiger partial charge >= 0.3 is 0 Å². The zero-order chi connectivity index (χ0) is 20.3. The Balaban J connectivity index is 1.55. The van der Waals surface area contributed by atoms with Gasteiger partial charge in [-0.25, -0.2) is 8.42 Å². The minimum absolute atomic E-state index is 0.0591. The summed E-state index contributed by atoms with van der Waals surface area (Å²) in [5, 5.41) is 7.41. The number of carbonyl (C=O) groups excluding carboxylic acids is 1. The van der Waals surface area contributed by atoms with Crippen LogP contribution in [0.15, 0.2) is 66.7 Å². The molecule has 2 heterocycles. The molecule has 1 fully saturated rings. The molecule has 3 aromatic rings. The van der Waals surface area contributed by atoms with E-state index in [4.69, 9.17) is 0 Å². The predicted octanol–water partition coefficient (Wildman–Crippen LogP) is 2.88. The Morgan fingerprint density at radius 1 is 1.07 bits per heavy atom. The van der Waals surface area contributed by atoms with Crippen molar-refractivity contribution in [1.82, 2.24) is 15.1 Å². The fourth-order valence-electron chi connectivity index (χ4n) is 3.63. The van der Waals surface area contributed by atoms with E-state index in [1.807, 2.05) is 60.7 Å². The van der Waals surface area contributed by atoms with E-state index in [2.05, 4.69) is 10.4 Å². The first-order chi connectivity index (χ1) is 14.0. The maximum absolute atomic E-state index is 12.7. The minimum Gasteiger partial charge on any atom is -0.350 e. The second kappa shape index (κ2) is 8.21. The molecule has 7 heteroatoms. The molecule has 0 bridgehead atoms. The van der Waals surface area contributed by atoms with E-state index in [1.54, 1.807) is 10.7 Å². The van der Waals surface area contributed by atoms with Crippen LogP contribution in [0, 0.1) is 0 Å². The maximum atomic E-state index is 12.7. The molecule has 1 aliphatic heterocycles. The first kappa shape index (κ1) is 19.4. The molecule has 1 N–H and O–H groups in total. The number of hydrogen-bond donors (Lipinski definition) is 1. The molecular weight excluding hydrogens is 386 g/mol. The molecule has 0 unspecified atom stereocenters. The molecule has 1 aliphatic rings. The molecule has 0 spiro atoms. The van der Waals surface area contributed by atoms with Gasteiger partial charge in [0.25, 0.3) is 5.91 Å². The molecule has 1 amide bonds. The fraction of sp³-hybridized carbons (Fsp3) is 0.273. The van der Waals surface area contributed by atoms with Crippen molar-refractivity contribution in [1.29, 1.82) is 0 Å². The lowest BCUT2D eigenvalue weighted by Crippen LogP contribution is -2.26. The number of amides is 1. The molecule has 150 valence electrons. The first-order valence-corrected chi connectivity index (χ1v) is 11.5. The summed E-state index contributed by atoms with van der Waals surface area (Å²) in [5.41, 5.74) is 3.13. The molecule has 1 atom stereocenters. The van der Waals surface area contributed by atoms with Crippen molar-refractivity contribution >= 4 is 15.7 Å². The van der Waals surface area contributed by atoms with E-state index in [0.29, 0.717) is 18.7 Å². The normalized spacial score (nSPS) is 17.9. The standard InChI is InChI=1S/C22H23N3O3S/c26-22(23-13-11-17-7-3-1-4-8-17)20-15-21(18-9-5-2-6-10-18)25(24-20)19-12-14-29(27,28)16-19/h1-10,15,19H,11-14,16H2,(H,23,26)/t19-/m1/s1. The second-order valence-corrected chi connectivity index (χ2v) is 9.50. The van der Waals surface area contributed by atoms with Crippen molar-refractivity contribution in [2.75, 3.05) is 18.1 Å². The van der Waals surface area contributed by atoms with Crippen molar-refractivity contribution in [3.8, 4) is 11.3 Å². The second-order valence-electron chi connectivity index (χ2n) is 7.27. The summed E-state index contributed by atoms with van der Waals surface area (Å²) in [6.45, 7) is 0.508. The fourth-order valence-corrected chi connectivity index (χ4v) is 5.32. The molecule has 4 rings (SSSR count). The highest BCUT2D eigenvalue weighted by atomic mass is 32.2. The van der Waals surface area contributed by atoms with Crippen LogP contribution in [0.3, 0.4) is 0 Å². The number of benzene rings is 2. The van der Waals surface area contributed by atoms with Crippen molar-refractivity contribution in [2.24, 2.45) is 0 Å². The highest BCUT2D eigenvalue weighted by Crippen LogP contribution is 2.30. The number of hydrogen-bond acceptors (Lipinski definition) is 4. The summed E-state index contributed by atoms with van der Waals surface area (Å²) in [6.07, 6.45) is 1.25. The van der Waals surface area contributed by atoms with Gasteiger partial charge < -0.3 is 5.32 Å². The van der Waals surface area contributed by atoms with Gasteiger partial charge in [0, 0.05) is 6.54 Å². The van der Waals surface area contributed by atoms with E-state index in [1.165, 1.54) is 0 Å². The van der Waals surface area contributed by atoms with Crippen LogP contribution < -0.4 is 5.32 Å². The van der Waals surface area contributed by atoms with E-state index in [9.17, 15) is 13.2 Å². The van der Waals surface area contributed by atoms with Crippen molar-refractivity contribution < 1.29 is 13.2 Å². The summed E-state index contributed by atoms with van der Waals surface area (Å²) >= 11 is 0. The van der Waals surface area contributed by atoms with Gasteiger partial charge in [-0.2, -0.15) is 5.10 Å². The first-order valence-electron chi connectivity index (χ1n) is 9.69. The zero-order valence-corrected chi connectivity index (χ0v) is 16.8. The third-order valence-electron chi connectivity index (χ3n) is 5.13. The average Bonchev–Trinajstić information content (AvgIpc) is 3.33. The SMILES string of the molecule is O=C(NCCc1ccccc1)c1cc(-c2ccccc2)n([C@@H]2CCS(=O)(=O)C2)n1. The summed E-state index contributed by atoms with van der Waals surface area (Å²) in [6, 6.07) is 21.1. The third kappa shape index (κ3) is 4.56. The van der Waals surface area contributed by atoms with Gasteiger partial charge in [-0.3, -0.25) is 9.48 Å². The highest BCUT2D eigenvalue weighted by Gasteiger charge is 2.32. The van der Waals surface area contributed by atoms with Crippen LogP contribution in [0.5, 0.6) is 0 Å². The lowest BCUT2D eigenvalue weighted by Gasteiger charge is -2.13. The highest BCUT2D eigenvalue weighted by molar-refractivity contribution is 7.91. The number of nitrogens with zero attached hydrogens (tertiary/aromatic N) is 2. The predicted molar refractivity (Wildman–Crippen MR) is 112 cm³/mol. The van der Waals surface area contributed by atoms with Crippen LogP contribution in [0.2, 0.25) is 0 Å². The molecule has 0 saturated carbocycles. The molecule has 2 aromatic carbocycles. The van der Waals surface area contributed by atoms with Gasteiger partial charge in [0.2, 0.25) is 0 Å². The Kier molecular flexibility index (Phi) is 5.49. The molecule has 1 saturated heterocycles. The van der Waals surface area contributed by atoms with Crippen molar-refractivity contribution in [3.05, 3.63) is 78.0 Å². The number of aromatic nitrogens is 2. The number of sulfone groups is 1. The molecule has 29 heavy (non-hydrogen) atoms. The molecule has 0 radical (unpaired) electrons. The lowest BCUT2D eigenvalue weighted by molar-refractivity contribution is 0.0948. The van der Waals surface area contributed by atoms with Crippen LogP contribution >= 0.6 is 0 Å². The third-order valence-corrected chi connectivity index (χ3v) is 6.88. The number of carbonyl (C=O) groups is 1. The van der Waals surface area contributed by atoms with Gasteiger partial charge in [0.05, 0.1) is 23.2 Å². The molecule has 6 nitrogen and oxygen atoms in total. The van der Waals surface area contributed by atoms with Crippen LogP contribution in [-0.4, -0.2) is 42.2 Å². The van der Waals surface area contributed by atoms with E-state index >= 15 is 0 Å². The van der Waals surface area contributed by atoms with Crippen LogP contribution in [0.1, 0.15) is 28.5 Å². The quantitative estimate of drug-likeness (QED) is 0.679. The monoisotopic (exact) mass is 409 g/mol. The summed E-state index contributed by atoms with van der Waals surface area (Å²) in [7, 11) is -3.06. The molecule has 0 aliphatic carbocycles. The largest absolute Gasteiger partial charge is 0.350 e. The maximum Gasteiger partial charge on any atom is 0.271 e. The van der Waals surface area contributed by atoms with Crippen molar-refractivity contribution in [2.45, 2.75) is 18.9 Å². The van der Waals surface area contributed by atoms with Gasteiger partial charge in [-0.05, 0) is 30.0 Å². The number of nitrogens with one attached hydrogen (secondary N) is 1. The topological polar surface area (TPSA) is 81.1 Å². The summed E-state index contributed by atoms with van der Waals surface area (Å²) in [5.74, 6) is -0.0359. The Labute approximate surface area is 170 Å². The minimum atomic E-state index is -3.06. The Morgan fingerprint density at radius 3 is 2.41 bits per heavy atom. The van der Waals surface area contributed by atoms with Gasteiger partial charge in [0.15, 0.2) is 15.5 Å². The Morgan fingerprint density at radius 2 is 1.76 bits per heavy atom. The van der Waals surface area contributed by atoms with Crippen molar-refractivity contribution in [3.63, 3.8) is 0 Å². The lowest BCUT2D eigenvalue weighted by atomic mass is 10.1. The van der Waals surface area contributed by atoms with E-state index in [-0.39, 0.29) is 23.5 Å². The van der Waals surface area contributed by atoms with Crippen LogP contribution in [0.25, 0.3) is 11.3 Å².